The second-order valence-electron chi connectivity index (χ2n) is 15.6. The number of piperazine rings is 1. The molecule has 2 N–H and O–H groups in total. The van der Waals surface area contributed by atoms with Crippen LogP contribution in [0.2, 0.25) is 0 Å². The highest BCUT2D eigenvalue weighted by atomic mass is 16.5. The summed E-state index contributed by atoms with van der Waals surface area (Å²) in [5, 5.41) is 15.1. The van der Waals surface area contributed by atoms with Gasteiger partial charge in [0, 0.05) is 49.8 Å². The Morgan fingerprint density at radius 3 is 2.38 bits per heavy atom. The van der Waals surface area contributed by atoms with Gasteiger partial charge in [-0.15, -0.1) is 10.2 Å². The zero-order chi connectivity index (χ0) is 36.4. The number of nitrogens with one attached hydrogen (secondary N) is 2. The number of rotatable bonds is 10. The van der Waals surface area contributed by atoms with E-state index in [1.165, 1.54) is 0 Å². The van der Waals surface area contributed by atoms with E-state index in [0.29, 0.717) is 6.61 Å². The van der Waals surface area contributed by atoms with Crippen LogP contribution in [0, 0.1) is 5.41 Å². The van der Waals surface area contributed by atoms with Crippen LogP contribution in [0.15, 0.2) is 83.6 Å². The van der Waals surface area contributed by atoms with Crippen molar-refractivity contribution in [2.45, 2.75) is 71.6 Å². The summed E-state index contributed by atoms with van der Waals surface area (Å²) in [4.78, 5) is 23.6. The van der Waals surface area contributed by atoms with Crippen molar-refractivity contribution in [2.24, 2.45) is 10.4 Å². The lowest BCUT2D eigenvalue weighted by molar-refractivity contribution is 0.133. The maximum atomic E-state index is 13.7. The number of hydrogen-bond donors (Lipinski definition) is 2. The monoisotopic (exact) mass is 704 g/mol. The molecule has 0 saturated carbocycles. The largest absolute Gasteiger partial charge is 0.492 e. The summed E-state index contributed by atoms with van der Waals surface area (Å²) in [5.74, 6) is 2.74. The molecule has 0 bridgehead atoms. The molecule has 4 aromatic rings. The third-order valence-electron chi connectivity index (χ3n) is 10.3. The van der Waals surface area contributed by atoms with Gasteiger partial charge >= 0.3 is 6.03 Å². The Morgan fingerprint density at radius 2 is 1.65 bits per heavy atom. The topological polar surface area (TPSA) is 109 Å². The van der Waals surface area contributed by atoms with Crippen molar-refractivity contribution >= 4 is 17.4 Å². The van der Waals surface area contributed by atoms with Crippen molar-refractivity contribution in [2.75, 3.05) is 46.4 Å². The Labute approximate surface area is 307 Å². The second-order valence-corrected chi connectivity index (χ2v) is 15.6. The molecule has 274 valence electrons. The Hall–Kier alpha value is -4.74. The van der Waals surface area contributed by atoms with Crippen LogP contribution in [0.4, 0.5) is 4.79 Å². The zero-order valence-electron chi connectivity index (χ0n) is 31.3. The molecule has 1 fully saturated rings. The van der Waals surface area contributed by atoms with Gasteiger partial charge in [0.1, 0.15) is 36.1 Å². The first-order valence-electron chi connectivity index (χ1n) is 18.6. The molecule has 0 radical (unpaired) electrons. The molecule has 2 aromatic carbocycles. The minimum Gasteiger partial charge on any atom is -0.492 e. The first-order valence-corrected chi connectivity index (χ1v) is 18.6. The lowest BCUT2D eigenvalue weighted by Crippen LogP contribution is -2.45. The Kier molecular flexibility index (Phi) is 10.3. The Morgan fingerprint density at radius 1 is 0.923 bits per heavy atom. The minimum atomic E-state index is -0.310. The number of benzene rings is 2. The maximum absolute atomic E-state index is 13.7. The van der Waals surface area contributed by atoms with Gasteiger partial charge in [-0.1, -0.05) is 71.0 Å². The molecule has 7 rings (SSSR count). The van der Waals surface area contributed by atoms with E-state index < -0.39 is 0 Å². The molecule has 2 aliphatic heterocycles. The van der Waals surface area contributed by atoms with E-state index in [4.69, 9.17) is 14.5 Å². The van der Waals surface area contributed by atoms with Gasteiger partial charge < -0.3 is 25.0 Å². The predicted molar refractivity (Wildman–Crippen MR) is 204 cm³/mol. The quantitative estimate of drug-likeness (QED) is 0.186. The fourth-order valence-electron chi connectivity index (χ4n) is 7.22. The molecule has 4 heterocycles. The van der Waals surface area contributed by atoms with E-state index in [1.807, 2.05) is 53.1 Å². The number of allylic oxidation sites excluding steroid dienone is 1. The van der Waals surface area contributed by atoms with Crippen LogP contribution in [-0.4, -0.2) is 82.5 Å². The SMILES string of the molecule is CC(C)c1nnc2ccc(O[C@@H]3CC[C@H](NC(=O)NC4=CC(C(C)(C)C)=NC4c4ccc(OCCN5CCN(C)CC5)cc4)c4ccccc43)cn12. The number of aromatic nitrogens is 3. The number of aliphatic imine (C=N–C) groups is 1. The average Bonchev–Trinajstić information content (AvgIpc) is 3.75. The lowest BCUT2D eigenvalue weighted by Gasteiger charge is -2.32. The molecule has 52 heavy (non-hydrogen) atoms. The maximum Gasteiger partial charge on any atom is 0.319 e. The van der Waals surface area contributed by atoms with Crippen LogP contribution in [-0.2, 0) is 0 Å². The normalized spacial score (nSPS) is 21.1. The standard InChI is InChI=1S/C41H52N8O3/c1-27(2)39-46-45-37-18-15-30(26-49(37)39)52-35-17-16-33(31-9-7-8-10-32(31)35)42-40(50)43-34-25-36(41(3,4)5)44-38(34)28-11-13-29(14-12-28)51-24-23-48-21-19-47(6)20-22-48/h7-15,18,25-27,33,35,38H,16-17,19-24H2,1-6H3,(H2,42,43,50)/t33-,35+,38?/m0/s1. The predicted octanol–water partition coefficient (Wildman–Crippen LogP) is 6.86. The second kappa shape index (κ2) is 15.1. The molecule has 11 nitrogen and oxygen atoms in total. The van der Waals surface area contributed by atoms with Gasteiger partial charge in [-0.05, 0) is 66.9 Å². The van der Waals surface area contributed by atoms with Crippen molar-refractivity contribution in [1.82, 2.24) is 35.0 Å². The van der Waals surface area contributed by atoms with Crippen molar-refractivity contribution in [3.8, 4) is 11.5 Å². The smallest absolute Gasteiger partial charge is 0.319 e. The van der Waals surface area contributed by atoms with Crippen LogP contribution in [0.25, 0.3) is 5.65 Å². The van der Waals surface area contributed by atoms with Gasteiger partial charge in [-0.25, -0.2) is 4.79 Å². The molecule has 3 aliphatic rings. The third kappa shape index (κ3) is 8.00. The summed E-state index contributed by atoms with van der Waals surface area (Å²) in [7, 11) is 2.17. The first-order chi connectivity index (χ1) is 25.0. The first kappa shape index (κ1) is 35.7. The highest BCUT2D eigenvalue weighted by Gasteiger charge is 2.32. The third-order valence-corrected chi connectivity index (χ3v) is 10.3. The summed E-state index contributed by atoms with van der Waals surface area (Å²) in [5.41, 5.74) is 5.49. The number of nitrogens with zero attached hydrogens (tertiary/aromatic N) is 6. The van der Waals surface area contributed by atoms with Gasteiger partial charge in [0.25, 0.3) is 0 Å². The van der Waals surface area contributed by atoms with Crippen LogP contribution in [0.3, 0.4) is 0 Å². The number of likely N-dealkylation sites (N-methyl/N-ethyl adjacent to an activating group) is 1. The number of carbonyl (C=O) groups excluding carboxylic acids is 1. The van der Waals surface area contributed by atoms with Crippen LogP contribution < -0.4 is 20.1 Å². The van der Waals surface area contributed by atoms with Gasteiger partial charge in [0.2, 0.25) is 0 Å². The molecule has 2 amide bonds. The van der Waals surface area contributed by atoms with Crippen LogP contribution in [0.5, 0.6) is 11.5 Å². The van der Waals surface area contributed by atoms with Crippen LogP contribution in [0.1, 0.15) is 94.1 Å². The zero-order valence-corrected chi connectivity index (χ0v) is 31.3. The van der Waals surface area contributed by atoms with Crippen molar-refractivity contribution in [3.05, 3.63) is 101 Å². The van der Waals surface area contributed by atoms with E-state index in [9.17, 15) is 4.79 Å². The van der Waals surface area contributed by atoms with Crippen LogP contribution >= 0.6 is 0 Å². The Bertz CT molecular complexity index is 1940. The molecular weight excluding hydrogens is 653 g/mol. The molecule has 1 aliphatic carbocycles. The molecule has 3 atom stereocenters. The van der Waals surface area contributed by atoms with Gasteiger partial charge in [0.15, 0.2) is 5.65 Å². The van der Waals surface area contributed by atoms with Gasteiger partial charge in [-0.3, -0.25) is 14.3 Å². The molecule has 1 unspecified atom stereocenters. The van der Waals surface area contributed by atoms with Gasteiger partial charge in [-0.2, -0.15) is 0 Å². The van der Waals surface area contributed by atoms with Crippen molar-refractivity contribution < 1.29 is 14.3 Å². The molecular formula is C41H52N8O3. The van der Waals surface area contributed by atoms with E-state index in [1.54, 1.807) is 0 Å². The lowest BCUT2D eigenvalue weighted by atomic mass is 9.85. The number of amides is 2. The number of ether oxygens (including phenoxy) is 2. The average molecular weight is 705 g/mol. The number of carbonyl (C=O) groups is 1. The fraction of sp³-hybridized carbons (Fsp3) is 0.463. The van der Waals surface area contributed by atoms with Gasteiger partial charge in [0.05, 0.1) is 17.9 Å². The molecule has 11 heteroatoms. The van der Waals surface area contributed by atoms with Crippen molar-refractivity contribution in [3.63, 3.8) is 0 Å². The van der Waals surface area contributed by atoms with E-state index in [0.717, 1.165) is 96.6 Å². The van der Waals surface area contributed by atoms with E-state index in [2.05, 4.69) is 96.6 Å². The minimum absolute atomic E-state index is 0.142. The number of hydrogen-bond acceptors (Lipinski definition) is 8. The molecule has 2 aromatic heterocycles. The van der Waals surface area contributed by atoms with E-state index in [-0.39, 0.29) is 35.6 Å². The molecule has 0 spiro atoms. The summed E-state index contributed by atoms with van der Waals surface area (Å²) in [6, 6.07) is 19.5. The van der Waals surface area contributed by atoms with E-state index >= 15 is 0 Å². The highest BCUT2D eigenvalue weighted by molar-refractivity contribution is 6.02. The summed E-state index contributed by atoms with van der Waals surface area (Å²) in [6.07, 6.45) is 5.36. The fourth-order valence-corrected chi connectivity index (χ4v) is 7.22. The Balaban J connectivity index is 1.00. The number of fused-ring (bicyclic) bond motifs is 2. The van der Waals surface area contributed by atoms with Crippen molar-refractivity contribution in [1.29, 1.82) is 0 Å². The summed E-state index contributed by atoms with van der Waals surface area (Å²) < 4.78 is 14.7. The summed E-state index contributed by atoms with van der Waals surface area (Å²) in [6.45, 7) is 16.6. The number of pyridine rings is 1. The highest BCUT2D eigenvalue weighted by Crippen LogP contribution is 2.39. The molecule has 1 saturated heterocycles. The number of urea groups is 1. The summed E-state index contributed by atoms with van der Waals surface area (Å²) >= 11 is 0.